The van der Waals surface area contributed by atoms with E-state index in [1.54, 1.807) is 12.1 Å². The fourth-order valence-corrected chi connectivity index (χ4v) is 1.63. The van der Waals surface area contributed by atoms with Crippen LogP contribution in [0.3, 0.4) is 0 Å². The van der Waals surface area contributed by atoms with E-state index in [1.807, 2.05) is 12.1 Å². The average Bonchev–Trinajstić information content (AvgIpc) is 2.41. The molecule has 0 atom stereocenters. The lowest BCUT2D eigenvalue weighted by Gasteiger charge is -2.10. The molecule has 0 heterocycles. The topological polar surface area (TPSA) is 35.2 Å². The van der Waals surface area contributed by atoms with Crippen molar-refractivity contribution in [1.82, 2.24) is 0 Å². The van der Waals surface area contributed by atoms with E-state index in [9.17, 15) is 8.78 Å². The first-order valence-corrected chi connectivity index (χ1v) is 5.56. The van der Waals surface area contributed by atoms with E-state index in [4.69, 9.17) is 10.5 Å². The average molecular weight is 249 g/mol. The van der Waals surface area contributed by atoms with Gasteiger partial charge in [0, 0.05) is 17.7 Å². The van der Waals surface area contributed by atoms with Crippen molar-refractivity contribution < 1.29 is 13.5 Å². The lowest BCUT2D eigenvalue weighted by Crippen LogP contribution is -2.04. The van der Waals surface area contributed by atoms with Crippen LogP contribution in [0.2, 0.25) is 0 Å². The maximum Gasteiger partial charge on any atom is 0.165 e. The van der Waals surface area contributed by atoms with Crippen LogP contribution in [-0.2, 0) is 13.2 Å². The summed E-state index contributed by atoms with van der Waals surface area (Å²) in [5, 5.41) is 0. The highest BCUT2D eigenvalue weighted by molar-refractivity contribution is 5.33. The van der Waals surface area contributed by atoms with Gasteiger partial charge in [0.2, 0.25) is 0 Å². The summed E-state index contributed by atoms with van der Waals surface area (Å²) in [7, 11) is 0. The lowest BCUT2D eigenvalue weighted by molar-refractivity contribution is 0.294. The summed E-state index contributed by atoms with van der Waals surface area (Å²) in [5.41, 5.74) is 6.57. The van der Waals surface area contributed by atoms with Gasteiger partial charge in [-0.1, -0.05) is 30.3 Å². The van der Waals surface area contributed by atoms with E-state index in [-0.39, 0.29) is 12.2 Å². The molecule has 94 valence electrons. The number of benzene rings is 2. The molecule has 0 saturated heterocycles. The summed E-state index contributed by atoms with van der Waals surface area (Å²) < 4.78 is 31.9. The number of rotatable bonds is 4. The Bertz CT molecular complexity index is 543. The van der Waals surface area contributed by atoms with Crippen LogP contribution in [0.15, 0.2) is 42.5 Å². The molecule has 0 aliphatic heterocycles. The Morgan fingerprint density at radius 3 is 2.44 bits per heavy atom. The minimum Gasteiger partial charge on any atom is -0.488 e. The minimum atomic E-state index is -0.872. The summed E-state index contributed by atoms with van der Waals surface area (Å²) in [6.45, 7) is 0.308. The van der Waals surface area contributed by atoms with Crippen molar-refractivity contribution in [1.29, 1.82) is 0 Å². The Morgan fingerprint density at radius 1 is 0.944 bits per heavy atom. The van der Waals surface area contributed by atoms with E-state index in [0.717, 1.165) is 11.6 Å². The molecule has 0 aromatic heterocycles. The number of hydrogen-bond donors (Lipinski definition) is 1. The molecule has 4 heteroatoms. The largest absolute Gasteiger partial charge is 0.488 e. The second kappa shape index (κ2) is 5.60. The summed E-state index contributed by atoms with van der Waals surface area (Å²) in [6, 6.07) is 11.2. The molecular formula is C14H13F2NO. The smallest absolute Gasteiger partial charge is 0.165 e. The van der Waals surface area contributed by atoms with Crippen LogP contribution >= 0.6 is 0 Å². The Kier molecular flexibility index (Phi) is 3.89. The van der Waals surface area contributed by atoms with Crippen LogP contribution < -0.4 is 10.5 Å². The quantitative estimate of drug-likeness (QED) is 0.904. The Labute approximate surface area is 104 Å². The monoisotopic (exact) mass is 249 g/mol. The van der Waals surface area contributed by atoms with Crippen molar-refractivity contribution in [2.45, 2.75) is 13.2 Å². The minimum absolute atomic E-state index is 0.0272. The Morgan fingerprint density at radius 2 is 1.67 bits per heavy atom. The zero-order valence-corrected chi connectivity index (χ0v) is 9.70. The van der Waals surface area contributed by atoms with Crippen LogP contribution in [0.4, 0.5) is 8.78 Å². The number of ether oxygens (including phenoxy) is 1. The molecule has 0 aliphatic carbocycles. The molecule has 2 aromatic carbocycles. The van der Waals surface area contributed by atoms with Crippen molar-refractivity contribution in [3.8, 4) is 5.75 Å². The van der Waals surface area contributed by atoms with Gasteiger partial charge < -0.3 is 10.5 Å². The predicted molar refractivity (Wildman–Crippen MR) is 65.0 cm³/mol. The number of nitrogens with two attached hydrogens (primary N) is 1. The van der Waals surface area contributed by atoms with Crippen LogP contribution in [-0.4, -0.2) is 0 Å². The van der Waals surface area contributed by atoms with Gasteiger partial charge in [0.25, 0.3) is 0 Å². The van der Waals surface area contributed by atoms with Gasteiger partial charge in [0.15, 0.2) is 11.6 Å². The van der Waals surface area contributed by atoms with Gasteiger partial charge in [-0.3, -0.25) is 0 Å². The van der Waals surface area contributed by atoms with E-state index in [0.29, 0.717) is 12.3 Å². The normalized spacial score (nSPS) is 10.4. The molecule has 0 fully saturated rings. The highest BCUT2D eigenvalue weighted by atomic mass is 19.2. The molecule has 2 rings (SSSR count). The molecule has 0 radical (unpaired) electrons. The molecule has 0 amide bonds. The third kappa shape index (κ3) is 2.65. The summed E-state index contributed by atoms with van der Waals surface area (Å²) in [5.74, 6) is -1.16. The first-order valence-electron chi connectivity index (χ1n) is 5.56. The summed E-state index contributed by atoms with van der Waals surface area (Å²) in [6.07, 6.45) is 0. The number of hydrogen-bond acceptors (Lipinski definition) is 2. The molecular weight excluding hydrogens is 236 g/mol. The van der Waals surface area contributed by atoms with Crippen LogP contribution in [0, 0.1) is 11.6 Å². The van der Waals surface area contributed by atoms with Crippen molar-refractivity contribution in [3.63, 3.8) is 0 Å². The van der Waals surface area contributed by atoms with Gasteiger partial charge >= 0.3 is 0 Å². The van der Waals surface area contributed by atoms with Gasteiger partial charge in [-0.15, -0.1) is 0 Å². The maximum atomic E-state index is 13.4. The van der Waals surface area contributed by atoms with Crippen molar-refractivity contribution in [3.05, 3.63) is 65.2 Å². The molecule has 0 aliphatic rings. The number of halogens is 2. The summed E-state index contributed by atoms with van der Waals surface area (Å²) >= 11 is 0. The van der Waals surface area contributed by atoms with E-state index >= 15 is 0 Å². The molecule has 0 saturated carbocycles. The van der Waals surface area contributed by atoms with Gasteiger partial charge in [-0.2, -0.15) is 0 Å². The van der Waals surface area contributed by atoms with E-state index in [2.05, 4.69) is 0 Å². The fraction of sp³-hybridized carbons (Fsp3) is 0.143. The van der Waals surface area contributed by atoms with E-state index in [1.165, 1.54) is 12.1 Å². The van der Waals surface area contributed by atoms with Gasteiger partial charge in [0.05, 0.1) is 0 Å². The van der Waals surface area contributed by atoms with Crippen LogP contribution in [0.5, 0.6) is 5.75 Å². The molecule has 0 bridgehead atoms. The number of para-hydroxylation sites is 1. The zero-order chi connectivity index (χ0) is 13.0. The first kappa shape index (κ1) is 12.5. The van der Waals surface area contributed by atoms with Crippen molar-refractivity contribution in [2.75, 3.05) is 0 Å². The first-order chi connectivity index (χ1) is 8.72. The van der Waals surface area contributed by atoms with Gasteiger partial charge in [-0.05, 0) is 12.1 Å². The van der Waals surface area contributed by atoms with Crippen LogP contribution in [0.25, 0.3) is 0 Å². The molecule has 2 nitrogen and oxygen atoms in total. The molecule has 2 aromatic rings. The highest BCUT2D eigenvalue weighted by Crippen LogP contribution is 2.20. The fourth-order valence-electron chi connectivity index (χ4n) is 1.63. The van der Waals surface area contributed by atoms with Crippen molar-refractivity contribution >= 4 is 0 Å². The third-order valence-corrected chi connectivity index (χ3v) is 2.61. The van der Waals surface area contributed by atoms with E-state index < -0.39 is 11.6 Å². The molecule has 2 N–H and O–H groups in total. The van der Waals surface area contributed by atoms with Gasteiger partial charge in [0.1, 0.15) is 12.4 Å². The highest BCUT2D eigenvalue weighted by Gasteiger charge is 2.08. The van der Waals surface area contributed by atoms with Crippen molar-refractivity contribution in [2.24, 2.45) is 5.73 Å². The SMILES string of the molecule is NCc1ccccc1OCc1cccc(F)c1F. The zero-order valence-electron chi connectivity index (χ0n) is 9.70. The summed E-state index contributed by atoms with van der Waals surface area (Å²) in [4.78, 5) is 0. The second-order valence-electron chi connectivity index (χ2n) is 3.81. The van der Waals surface area contributed by atoms with Crippen LogP contribution in [0.1, 0.15) is 11.1 Å². The molecule has 18 heavy (non-hydrogen) atoms. The lowest BCUT2D eigenvalue weighted by atomic mass is 10.2. The van der Waals surface area contributed by atoms with Gasteiger partial charge in [-0.25, -0.2) is 8.78 Å². The third-order valence-electron chi connectivity index (χ3n) is 2.61. The molecule has 0 spiro atoms. The predicted octanol–water partition coefficient (Wildman–Crippen LogP) is 3.00. The molecule has 0 unspecified atom stereocenters. The second-order valence-corrected chi connectivity index (χ2v) is 3.81. The maximum absolute atomic E-state index is 13.4. The standard InChI is InChI=1S/C14H13F2NO/c15-12-6-3-5-11(14(12)16)9-18-13-7-2-1-4-10(13)8-17/h1-7H,8-9,17H2. The Hall–Kier alpha value is -1.94. The Balaban J connectivity index is 2.14.